The molecule has 1 aromatic heterocycles. The summed E-state index contributed by atoms with van der Waals surface area (Å²) in [5.74, 6) is -0.242. The Balaban J connectivity index is 1.54. The molecule has 11 heteroatoms. The molecule has 1 N–H and O–H groups in total. The van der Waals surface area contributed by atoms with Crippen LogP contribution >= 0.6 is 0 Å². The quantitative estimate of drug-likeness (QED) is 0.693. The molecule has 140 valence electrons. The normalized spacial score (nSPS) is 18.8. The van der Waals surface area contributed by atoms with Gasteiger partial charge in [0.15, 0.2) is 6.61 Å². The Hall–Kier alpha value is -2.24. The molecule has 1 saturated heterocycles. The second-order valence-electron chi connectivity index (χ2n) is 6.24. The van der Waals surface area contributed by atoms with E-state index in [4.69, 9.17) is 9.57 Å². The molecular formula is C15H19N5O5S. The Morgan fingerprint density at radius 1 is 1.31 bits per heavy atom. The predicted molar refractivity (Wildman–Crippen MR) is 89.7 cm³/mol. The number of carbonyl (C=O) groups excluding carboxylic acids is 1. The molecule has 4 rings (SSSR count). The van der Waals surface area contributed by atoms with Gasteiger partial charge in [-0.2, -0.15) is 4.31 Å². The van der Waals surface area contributed by atoms with Gasteiger partial charge in [0, 0.05) is 19.1 Å². The number of amides is 1. The van der Waals surface area contributed by atoms with Crippen molar-refractivity contribution in [3.05, 3.63) is 18.2 Å². The predicted octanol–water partition coefficient (Wildman–Crippen LogP) is -0.841. The number of morpholine rings is 1. The number of sulfonamides is 1. The van der Waals surface area contributed by atoms with Crippen molar-refractivity contribution in [1.82, 2.24) is 24.8 Å². The van der Waals surface area contributed by atoms with E-state index in [2.05, 4.69) is 15.6 Å². The number of fused-ring (bicyclic) bond motifs is 1. The second-order valence-corrected chi connectivity index (χ2v) is 8.18. The zero-order valence-corrected chi connectivity index (χ0v) is 14.8. The van der Waals surface area contributed by atoms with Crippen LogP contribution in [0.5, 0.6) is 0 Å². The lowest BCUT2D eigenvalue weighted by Crippen LogP contribution is -2.40. The standard InChI is InChI=1S/C15H19N5O5S/c21-15(16-11-1-2-11)10-25-20-14-9-12(3-4-13(14)17-18-20)26(22,23)19-5-7-24-8-6-19/h3-4,9,11H,1-2,5-8,10H2,(H,16,21). The van der Waals surface area contributed by atoms with Gasteiger partial charge in [0.05, 0.1) is 18.1 Å². The minimum absolute atomic E-state index is 0.126. The lowest BCUT2D eigenvalue weighted by Gasteiger charge is -2.26. The van der Waals surface area contributed by atoms with Gasteiger partial charge in [0.25, 0.3) is 5.91 Å². The molecule has 1 aromatic carbocycles. The Morgan fingerprint density at radius 3 is 2.81 bits per heavy atom. The van der Waals surface area contributed by atoms with E-state index in [-0.39, 0.29) is 23.5 Å². The fourth-order valence-corrected chi connectivity index (χ4v) is 4.12. The van der Waals surface area contributed by atoms with E-state index in [1.54, 1.807) is 6.07 Å². The van der Waals surface area contributed by atoms with Crippen molar-refractivity contribution in [2.75, 3.05) is 32.9 Å². The monoisotopic (exact) mass is 381 g/mol. The number of aromatic nitrogens is 3. The number of benzene rings is 1. The van der Waals surface area contributed by atoms with Gasteiger partial charge in [-0.1, -0.05) is 4.85 Å². The molecular weight excluding hydrogens is 362 g/mol. The number of nitrogens with zero attached hydrogens (tertiary/aromatic N) is 4. The summed E-state index contributed by atoms with van der Waals surface area (Å²) in [7, 11) is -3.64. The van der Waals surface area contributed by atoms with Crippen molar-refractivity contribution in [2.24, 2.45) is 0 Å². The van der Waals surface area contributed by atoms with Crippen LogP contribution in [-0.4, -0.2) is 72.7 Å². The smallest absolute Gasteiger partial charge is 0.260 e. The zero-order chi connectivity index (χ0) is 18.1. The van der Waals surface area contributed by atoms with Crippen LogP contribution in [-0.2, 0) is 19.6 Å². The van der Waals surface area contributed by atoms with Gasteiger partial charge in [-0.15, -0.1) is 5.10 Å². The number of rotatable bonds is 6. The summed E-state index contributed by atoms with van der Waals surface area (Å²) in [5.41, 5.74) is 0.868. The molecule has 1 saturated carbocycles. The van der Waals surface area contributed by atoms with E-state index in [1.165, 1.54) is 16.4 Å². The highest BCUT2D eigenvalue weighted by molar-refractivity contribution is 7.89. The molecule has 2 heterocycles. The summed E-state index contributed by atoms with van der Waals surface area (Å²) in [5, 5.41) is 10.6. The van der Waals surface area contributed by atoms with E-state index in [1.807, 2.05) is 0 Å². The maximum atomic E-state index is 12.8. The maximum absolute atomic E-state index is 12.8. The Morgan fingerprint density at radius 2 is 2.08 bits per heavy atom. The topological polar surface area (TPSA) is 116 Å². The van der Waals surface area contributed by atoms with Crippen molar-refractivity contribution in [1.29, 1.82) is 0 Å². The zero-order valence-electron chi connectivity index (χ0n) is 14.0. The van der Waals surface area contributed by atoms with E-state index in [9.17, 15) is 13.2 Å². The molecule has 2 aliphatic rings. The van der Waals surface area contributed by atoms with Crippen LogP contribution in [0.2, 0.25) is 0 Å². The van der Waals surface area contributed by atoms with E-state index < -0.39 is 10.0 Å². The van der Waals surface area contributed by atoms with E-state index >= 15 is 0 Å². The molecule has 0 spiro atoms. The number of nitrogens with one attached hydrogen (secondary N) is 1. The van der Waals surface area contributed by atoms with Crippen LogP contribution in [0.3, 0.4) is 0 Å². The average Bonchev–Trinajstić information content (AvgIpc) is 3.37. The summed E-state index contributed by atoms with van der Waals surface area (Å²) in [6.45, 7) is 1.17. The van der Waals surface area contributed by atoms with Crippen molar-refractivity contribution < 1.29 is 22.8 Å². The molecule has 2 fully saturated rings. The van der Waals surface area contributed by atoms with Crippen LogP contribution in [0.25, 0.3) is 11.0 Å². The van der Waals surface area contributed by atoms with Gasteiger partial charge in [0.2, 0.25) is 10.0 Å². The highest BCUT2D eigenvalue weighted by atomic mass is 32.2. The van der Waals surface area contributed by atoms with Crippen LogP contribution in [0.15, 0.2) is 23.1 Å². The first kappa shape index (κ1) is 17.2. The first-order chi connectivity index (χ1) is 12.5. The van der Waals surface area contributed by atoms with Crippen molar-refractivity contribution in [3.63, 3.8) is 0 Å². The number of hydrogen-bond donors (Lipinski definition) is 1. The number of hydrogen-bond acceptors (Lipinski definition) is 7. The van der Waals surface area contributed by atoms with E-state index in [0.717, 1.165) is 17.7 Å². The first-order valence-corrected chi connectivity index (χ1v) is 9.84. The minimum atomic E-state index is -3.64. The fourth-order valence-electron chi connectivity index (χ4n) is 2.69. The molecule has 0 radical (unpaired) electrons. The maximum Gasteiger partial charge on any atom is 0.260 e. The Labute approximate surface area is 150 Å². The average molecular weight is 381 g/mol. The van der Waals surface area contributed by atoms with Gasteiger partial charge in [0.1, 0.15) is 11.0 Å². The van der Waals surface area contributed by atoms with Gasteiger partial charge in [-0.05, 0) is 36.3 Å². The van der Waals surface area contributed by atoms with Crippen molar-refractivity contribution in [2.45, 2.75) is 23.8 Å². The van der Waals surface area contributed by atoms with Crippen LogP contribution in [0.4, 0.5) is 0 Å². The second kappa shape index (κ2) is 6.82. The summed E-state index contributed by atoms with van der Waals surface area (Å²) < 4.78 is 32.1. The third-order valence-corrected chi connectivity index (χ3v) is 6.15. The summed E-state index contributed by atoms with van der Waals surface area (Å²) in [6, 6.07) is 4.76. The summed E-state index contributed by atoms with van der Waals surface area (Å²) >= 11 is 0. The third kappa shape index (κ3) is 3.50. The number of carbonyl (C=O) groups is 1. The largest absolute Gasteiger partial charge is 0.385 e. The molecule has 2 aromatic rings. The van der Waals surface area contributed by atoms with E-state index in [0.29, 0.717) is 37.3 Å². The number of ether oxygens (including phenoxy) is 1. The molecule has 10 nitrogen and oxygen atoms in total. The lowest BCUT2D eigenvalue weighted by atomic mass is 10.3. The van der Waals surface area contributed by atoms with Crippen LogP contribution < -0.4 is 10.2 Å². The van der Waals surface area contributed by atoms with Crippen LogP contribution in [0, 0.1) is 0 Å². The summed E-state index contributed by atoms with van der Waals surface area (Å²) in [4.78, 5) is 18.3. The molecule has 1 aliphatic heterocycles. The van der Waals surface area contributed by atoms with Crippen LogP contribution in [0.1, 0.15) is 12.8 Å². The molecule has 26 heavy (non-hydrogen) atoms. The van der Waals surface area contributed by atoms with Gasteiger partial charge in [-0.3, -0.25) is 4.79 Å². The molecule has 1 amide bonds. The van der Waals surface area contributed by atoms with Crippen molar-refractivity contribution in [3.8, 4) is 0 Å². The van der Waals surface area contributed by atoms with Gasteiger partial charge in [-0.25, -0.2) is 8.42 Å². The minimum Gasteiger partial charge on any atom is -0.385 e. The fraction of sp³-hybridized carbons (Fsp3) is 0.533. The summed E-state index contributed by atoms with van der Waals surface area (Å²) in [6.07, 6.45) is 1.97. The first-order valence-electron chi connectivity index (χ1n) is 8.40. The molecule has 0 atom stereocenters. The highest BCUT2D eigenvalue weighted by Gasteiger charge is 2.27. The van der Waals surface area contributed by atoms with Gasteiger partial charge >= 0.3 is 0 Å². The van der Waals surface area contributed by atoms with Crippen molar-refractivity contribution >= 4 is 27.0 Å². The molecule has 1 aliphatic carbocycles. The molecule has 0 bridgehead atoms. The SMILES string of the molecule is O=C(COn1nnc2ccc(S(=O)(=O)N3CCOCC3)cc21)NC1CC1. The Kier molecular flexibility index (Phi) is 4.51. The third-order valence-electron chi connectivity index (χ3n) is 4.25. The van der Waals surface area contributed by atoms with Gasteiger partial charge < -0.3 is 14.9 Å². The Bertz CT molecular complexity index is 918. The lowest BCUT2D eigenvalue weighted by molar-refractivity contribution is -0.126. The highest BCUT2D eigenvalue weighted by Crippen LogP contribution is 2.21. The molecule has 0 unspecified atom stereocenters.